The minimum absolute atomic E-state index is 0.136. The lowest BCUT2D eigenvalue weighted by molar-refractivity contribution is 0.0785. The number of carbonyl (C=O) groups excluding carboxylic acids is 1. The monoisotopic (exact) mass is 376 g/mol. The number of nitrogens with zero attached hydrogens (tertiary/aromatic N) is 4. The van der Waals surface area contributed by atoms with E-state index in [2.05, 4.69) is 10.1 Å². The van der Waals surface area contributed by atoms with Gasteiger partial charge in [-0.25, -0.2) is 9.67 Å². The first-order valence-corrected chi connectivity index (χ1v) is 8.65. The molecule has 0 saturated carbocycles. The lowest BCUT2D eigenvalue weighted by atomic mass is 10.2. The molecule has 2 heterocycles. The highest BCUT2D eigenvalue weighted by Gasteiger charge is 2.16. The third kappa shape index (κ3) is 3.48. The molecule has 1 amide bonds. The van der Waals surface area contributed by atoms with E-state index in [9.17, 15) is 4.79 Å². The number of pyridine rings is 1. The van der Waals surface area contributed by atoms with Crippen LogP contribution in [-0.4, -0.2) is 32.6 Å². The van der Waals surface area contributed by atoms with Crippen LogP contribution in [0.2, 0.25) is 10.0 Å². The molecular formula is C18H18Cl2N4O. The number of benzene rings is 1. The molecule has 0 saturated heterocycles. The fourth-order valence-electron chi connectivity index (χ4n) is 2.65. The minimum Gasteiger partial charge on any atom is -0.337 e. The molecular weight excluding hydrogens is 359 g/mol. The zero-order chi connectivity index (χ0) is 18.1. The summed E-state index contributed by atoms with van der Waals surface area (Å²) in [6.45, 7) is 4.44. The van der Waals surface area contributed by atoms with Crippen LogP contribution in [-0.2, 0) is 6.54 Å². The van der Waals surface area contributed by atoms with Crippen LogP contribution < -0.4 is 0 Å². The molecule has 3 rings (SSSR count). The summed E-state index contributed by atoms with van der Waals surface area (Å²) >= 11 is 12.2. The Hall–Kier alpha value is -2.11. The van der Waals surface area contributed by atoms with Crippen LogP contribution in [0.25, 0.3) is 11.0 Å². The van der Waals surface area contributed by atoms with Gasteiger partial charge in [0.1, 0.15) is 0 Å². The number of rotatable bonds is 4. The molecule has 2 aromatic heterocycles. The molecule has 130 valence electrons. The molecule has 25 heavy (non-hydrogen) atoms. The zero-order valence-electron chi connectivity index (χ0n) is 14.2. The van der Waals surface area contributed by atoms with Gasteiger partial charge in [0.05, 0.1) is 21.8 Å². The van der Waals surface area contributed by atoms with Gasteiger partial charge in [-0.2, -0.15) is 5.10 Å². The van der Waals surface area contributed by atoms with Crippen LogP contribution in [0, 0.1) is 0 Å². The SMILES string of the molecule is CC(C)n1ncc2cc(C(=O)N(C)Cc3cccc(Cl)c3Cl)cnc21. The van der Waals surface area contributed by atoms with Crippen LogP contribution >= 0.6 is 23.2 Å². The molecule has 0 bridgehead atoms. The maximum atomic E-state index is 12.7. The van der Waals surface area contributed by atoms with Crippen molar-refractivity contribution in [2.75, 3.05) is 7.05 Å². The van der Waals surface area contributed by atoms with Gasteiger partial charge in [-0.05, 0) is 31.5 Å². The highest BCUT2D eigenvalue weighted by molar-refractivity contribution is 6.42. The third-order valence-electron chi connectivity index (χ3n) is 3.96. The van der Waals surface area contributed by atoms with Crippen molar-refractivity contribution in [3.05, 3.63) is 57.8 Å². The molecule has 5 nitrogen and oxygen atoms in total. The second-order valence-corrected chi connectivity index (χ2v) is 6.98. The standard InChI is InChI=1S/C18H18Cl2N4O/c1-11(2)24-17-13(9-22-24)7-14(8-21-17)18(25)23(3)10-12-5-4-6-15(19)16(12)20/h4-9,11H,10H2,1-3H3. The van der Waals surface area contributed by atoms with E-state index in [4.69, 9.17) is 23.2 Å². The van der Waals surface area contributed by atoms with Gasteiger partial charge in [0.2, 0.25) is 0 Å². The normalized spacial score (nSPS) is 11.3. The molecule has 1 aromatic carbocycles. The first-order valence-electron chi connectivity index (χ1n) is 7.90. The number of carbonyl (C=O) groups is 1. The molecule has 0 radical (unpaired) electrons. The molecule has 0 N–H and O–H groups in total. The van der Waals surface area contributed by atoms with Crippen molar-refractivity contribution in [2.45, 2.75) is 26.4 Å². The number of fused-ring (bicyclic) bond motifs is 1. The van der Waals surface area contributed by atoms with Gasteiger partial charge in [-0.15, -0.1) is 0 Å². The predicted molar refractivity (Wildman–Crippen MR) is 100 cm³/mol. The van der Waals surface area contributed by atoms with Crippen LogP contribution in [0.15, 0.2) is 36.7 Å². The Labute approximate surface area is 156 Å². The topological polar surface area (TPSA) is 51.0 Å². The predicted octanol–water partition coefficient (Wildman–Crippen LogP) is 4.59. The van der Waals surface area contributed by atoms with Gasteiger partial charge < -0.3 is 4.90 Å². The van der Waals surface area contributed by atoms with E-state index < -0.39 is 0 Å². The number of halogens is 2. The zero-order valence-corrected chi connectivity index (χ0v) is 15.7. The molecule has 0 spiro atoms. The molecule has 0 aliphatic carbocycles. The number of hydrogen-bond acceptors (Lipinski definition) is 3. The Kier molecular flexibility index (Phi) is 4.97. The average Bonchev–Trinajstić information content (AvgIpc) is 3.01. The largest absolute Gasteiger partial charge is 0.337 e. The summed E-state index contributed by atoms with van der Waals surface area (Å²) in [5.74, 6) is -0.136. The van der Waals surface area contributed by atoms with Crippen molar-refractivity contribution >= 4 is 40.1 Å². The molecule has 7 heteroatoms. The van der Waals surface area contributed by atoms with Gasteiger partial charge in [0.25, 0.3) is 5.91 Å². The molecule has 0 atom stereocenters. The fourth-order valence-corrected chi connectivity index (χ4v) is 3.03. The smallest absolute Gasteiger partial charge is 0.255 e. The van der Waals surface area contributed by atoms with E-state index >= 15 is 0 Å². The van der Waals surface area contributed by atoms with Gasteiger partial charge in [-0.1, -0.05) is 35.3 Å². The maximum absolute atomic E-state index is 12.7. The van der Waals surface area contributed by atoms with E-state index in [0.717, 1.165) is 16.6 Å². The summed E-state index contributed by atoms with van der Waals surface area (Å²) in [6.07, 6.45) is 3.31. The summed E-state index contributed by atoms with van der Waals surface area (Å²) in [6, 6.07) is 7.41. The van der Waals surface area contributed by atoms with Gasteiger partial charge in [0, 0.05) is 31.2 Å². The summed E-state index contributed by atoms with van der Waals surface area (Å²) in [5.41, 5.74) is 2.08. The Morgan fingerprint density at radius 1 is 1.28 bits per heavy atom. The van der Waals surface area contributed by atoms with Gasteiger partial charge in [0.15, 0.2) is 5.65 Å². The molecule has 0 unspecified atom stereocenters. The van der Waals surface area contributed by atoms with Crippen molar-refractivity contribution in [3.8, 4) is 0 Å². The third-order valence-corrected chi connectivity index (χ3v) is 4.81. The first-order chi connectivity index (χ1) is 11.9. The van der Waals surface area contributed by atoms with Crippen molar-refractivity contribution in [3.63, 3.8) is 0 Å². The van der Waals surface area contributed by atoms with Crippen LogP contribution in [0.5, 0.6) is 0 Å². The Balaban J connectivity index is 1.84. The Bertz CT molecular complexity index is 936. The second kappa shape index (κ2) is 7.02. The molecule has 0 fully saturated rings. The fraction of sp³-hybridized carbons (Fsp3) is 0.278. The molecule has 0 aliphatic rings. The van der Waals surface area contributed by atoms with E-state index in [1.54, 1.807) is 30.4 Å². The molecule has 0 aliphatic heterocycles. The van der Waals surface area contributed by atoms with E-state index in [-0.39, 0.29) is 11.9 Å². The van der Waals surface area contributed by atoms with Gasteiger partial charge >= 0.3 is 0 Å². The lowest BCUT2D eigenvalue weighted by Crippen LogP contribution is -2.26. The van der Waals surface area contributed by atoms with E-state index in [0.29, 0.717) is 22.2 Å². The van der Waals surface area contributed by atoms with Crippen LogP contribution in [0.4, 0.5) is 0 Å². The van der Waals surface area contributed by atoms with Crippen molar-refractivity contribution in [2.24, 2.45) is 0 Å². The lowest BCUT2D eigenvalue weighted by Gasteiger charge is -2.18. The summed E-state index contributed by atoms with van der Waals surface area (Å²) in [5, 5.41) is 6.11. The molecule has 3 aromatic rings. The average molecular weight is 377 g/mol. The number of amides is 1. The first kappa shape index (κ1) is 17.7. The van der Waals surface area contributed by atoms with Crippen LogP contribution in [0.3, 0.4) is 0 Å². The quantitative estimate of drug-likeness (QED) is 0.668. The minimum atomic E-state index is -0.136. The summed E-state index contributed by atoms with van der Waals surface area (Å²) in [4.78, 5) is 18.7. The van der Waals surface area contributed by atoms with E-state index in [1.165, 1.54) is 0 Å². The Morgan fingerprint density at radius 2 is 2.04 bits per heavy atom. The van der Waals surface area contributed by atoms with Crippen LogP contribution in [0.1, 0.15) is 35.8 Å². The summed E-state index contributed by atoms with van der Waals surface area (Å²) in [7, 11) is 1.72. The van der Waals surface area contributed by atoms with Crippen molar-refractivity contribution < 1.29 is 4.79 Å². The highest BCUT2D eigenvalue weighted by atomic mass is 35.5. The van der Waals surface area contributed by atoms with Gasteiger partial charge in [-0.3, -0.25) is 4.79 Å². The number of hydrogen-bond donors (Lipinski definition) is 0. The number of aromatic nitrogens is 3. The Morgan fingerprint density at radius 3 is 2.76 bits per heavy atom. The second-order valence-electron chi connectivity index (χ2n) is 6.19. The highest BCUT2D eigenvalue weighted by Crippen LogP contribution is 2.26. The summed E-state index contributed by atoms with van der Waals surface area (Å²) < 4.78 is 1.83. The van der Waals surface area contributed by atoms with Crippen molar-refractivity contribution in [1.29, 1.82) is 0 Å². The van der Waals surface area contributed by atoms with E-state index in [1.807, 2.05) is 36.7 Å². The van der Waals surface area contributed by atoms with Crippen molar-refractivity contribution in [1.82, 2.24) is 19.7 Å². The maximum Gasteiger partial charge on any atom is 0.255 e.